The SMILES string of the molecule is OCCC1CCc2cc(Cl)ccc2C1. The average molecular weight is 211 g/mol. The molecule has 2 heteroatoms. The molecular weight excluding hydrogens is 196 g/mol. The average Bonchev–Trinajstić information content (AvgIpc) is 2.19. The van der Waals surface area contributed by atoms with Crippen molar-refractivity contribution in [3.05, 3.63) is 34.3 Å². The number of aliphatic hydroxyl groups excluding tert-OH is 1. The Morgan fingerprint density at radius 3 is 3.00 bits per heavy atom. The number of aliphatic hydroxyl groups is 1. The summed E-state index contributed by atoms with van der Waals surface area (Å²) in [7, 11) is 0. The van der Waals surface area contributed by atoms with Crippen molar-refractivity contribution in [2.45, 2.75) is 25.7 Å². The highest BCUT2D eigenvalue weighted by Crippen LogP contribution is 2.29. The number of aryl methyl sites for hydroxylation is 1. The second-order valence-electron chi connectivity index (χ2n) is 4.03. The van der Waals surface area contributed by atoms with E-state index in [1.807, 2.05) is 6.07 Å². The van der Waals surface area contributed by atoms with Crippen LogP contribution in [0.4, 0.5) is 0 Å². The number of rotatable bonds is 2. The van der Waals surface area contributed by atoms with Crippen LogP contribution in [-0.2, 0) is 12.8 Å². The molecule has 1 atom stereocenters. The van der Waals surface area contributed by atoms with Crippen molar-refractivity contribution in [3.63, 3.8) is 0 Å². The highest BCUT2D eigenvalue weighted by atomic mass is 35.5. The summed E-state index contributed by atoms with van der Waals surface area (Å²) >= 11 is 5.93. The molecule has 1 aliphatic rings. The molecule has 1 aromatic carbocycles. The van der Waals surface area contributed by atoms with Crippen LogP contribution in [-0.4, -0.2) is 11.7 Å². The first kappa shape index (κ1) is 10.0. The van der Waals surface area contributed by atoms with Gasteiger partial charge in [-0.15, -0.1) is 0 Å². The van der Waals surface area contributed by atoms with E-state index in [4.69, 9.17) is 16.7 Å². The van der Waals surface area contributed by atoms with Gasteiger partial charge in [-0.3, -0.25) is 0 Å². The summed E-state index contributed by atoms with van der Waals surface area (Å²) in [6.45, 7) is 0.313. The van der Waals surface area contributed by atoms with E-state index in [1.54, 1.807) is 0 Å². The molecule has 1 N–H and O–H groups in total. The minimum Gasteiger partial charge on any atom is -0.396 e. The summed E-state index contributed by atoms with van der Waals surface area (Å²) in [6.07, 6.45) is 4.34. The standard InChI is InChI=1S/C12H15ClO/c13-12-4-3-10-7-9(5-6-14)1-2-11(10)8-12/h3-4,8-9,14H,1-2,5-7H2. The maximum absolute atomic E-state index is 8.89. The molecule has 14 heavy (non-hydrogen) atoms. The Bertz CT molecular complexity index is 322. The topological polar surface area (TPSA) is 20.2 Å². The lowest BCUT2D eigenvalue weighted by Crippen LogP contribution is -2.15. The number of hydrogen-bond acceptors (Lipinski definition) is 1. The van der Waals surface area contributed by atoms with Gasteiger partial charge in [-0.2, -0.15) is 0 Å². The van der Waals surface area contributed by atoms with Gasteiger partial charge >= 0.3 is 0 Å². The first-order chi connectivity index (χ1) is 6.79. The maximum Gasteiger partial charge on any atom is 0.0433 e. The molecule has 1 aliphatic carbocycles. The lowest BCUT2D eigenvalue weighted by molar-refractivity contribution is 0.248. The molecule has 0 aromatic heterocycles. The van der Waals surface area contributed by atoms with Gasteiger partial charge in [-0.1, -0.05) is 17.7 Å². The largest absolute Gasteiger partial charge is 0.396 e. The lowest BCUT2D eigenvalue weighted by Gasteiger charge is -2.24. The molecule has 1 unspecified atom stereocenters. The molecule has 0 heterocycles. The van der Waals surface area contributed by atoms with Crippen molar-refractivity contribution in [1.29, 1.82) is 0 Å². The molecule has 0 bridgehead atoms. The van der Waals surface area contributed by atoms with Gasteiger partial charge in [0.25, 0.3) is 0 Å². The molecular formula is C12H15ClO. The molecule has 1 aromatic rings. The molecule has 0 saturated carbocycles. The third kappa shape index (κ3) is 2.10. The summed E-state index contributed by atoms with van der Waals surface area (Å²) in [6, 6.07) is 6.16. The van der Waals surface area contributed by atoms with Crippen LogP contribution < -0.4 is 0 Å². The van der Waals surface area contributed by atoms with Crippen molar-refractivity contribution < 1.29 is 5.11 Å². The molecule has 0 fully saturated rings. The minimum atomic E-state index is 0.313. The van der Waals surface area contributed by atoms with Crippen LogP contribution in [0.3, 0.4) is 0 Å². The molecule has 0 spiro atoms. The van der Waals surface area contributed by atoms with Crippen molar-refractivity contribution in [1.82, 2.24) is 0 Å². The molecule has 0 amide bonds. The van der Waals surface area contributed by atoms with E-state index in [-0.39, 0.29) is 0 Å². The summed E-state index contributed by atoms with van der Waals surface area (Å²) in [5, 5.41) is 9.73. The van der Waals surface area contributed by atoms with Crippen molar-refractivity contribution >= 4 is 11.6 Å². The fraction of sp³-hybridized carbons (Fsp3) is 0.500. The van der Waals surface area contributed by atoms with Crippen LogP contribution >= 0.6 is 11.6 Å². The Morgan fingerprint density at radius 2 is 2.21 bits per heavy atom. The zero-order chi connectivity index (χ0) is 9.97. The van der Waals surface area contributed by atoms with Gasteiger partial charge in [-0.25, -0.2) is 0 Å². The van der Waals surface area contributed by atoms with Crippen LogP contribution in [0.5, 0.6) is 0 Å². The van der Waals surface area contributed by atoms with E-state index in [0.29, 0.717) is 12.5 Å². The second-order valence-corrected chi connectivity index (χ2v) is 4.47. The van der Waals surface area contributed by atoms with Gasteiger partial charge < -0.3 is 5.11 Å². The Balaban J connectivity index is 2.15. The predicted octanol–water partition coefficient (Wildman–Crippen LogP) is 2.83. The van der Waals surface area contributed by atoms with Crippen LogP contribution in [0.2, 0.25) is 5.02 Å². The Hall–Kier alpha value is -0.530. The third-order valence-corrected chi connectivity index (χ3v) is 3.27. The maximum atomic E-state index is 8.89. The first-order valence-corrected chi connectivity index (χ1v) is 5.55. The Morgan fingerprint density at radius 1 is 1.36 bits per heavy atom. The number of hydrogen-bond donors (Lipinski definition) is 1. The van der Waals surface area contributed by atoms with Crippen LogP contribution in [0.1, 0.15) is 24.0 Å². The summed E-state index contributed by atoms with van der Waals surface area (Å²) in [4.78, 5) is 0. The van der Waals surface area contributed by atoms with Crippen LogP contribution in [0.25, 0.3) is 0 Å². The van der Waals surface area contributed by atoms with Gasteiger partial charge in [-0.05, 0) is 54.9 Å². The molecule has 0 radical (unpaired) electrons. The fourth-order valence-corrected chi connectivity index (χ4v) is 2.42. The van der Waals surface area contributed by atoms with Crippen molar-refractivity contribution in [2.24, 2.45) is 5.92 Å². The quantitative estimate of drug-likeness (QED) is 0.796. The normalized spacial score (nSPS) is 20.6. The molecule has 76 valence electrons. The van der Waals surface area contributed by atoms with Crippen molar-refractivity contribution in [2.75, 3.05) is 6.61 Å². The van der Waals surface area contributed by atoms with E-state index in [2.05, 4.69) is 12.1 Å². The van der Waals surface area contributed by atoms with Gasteiger partial charge in [0.2, 0.25) is 0 Å². The monoisotopic (exact) mass is 210 g/mol. The highest BCUT2D eigenvalue weighted by molar-refractivity contribution is 6.30. The summed E-state index contributed by atoms with van der Waals surface area (Å²) in [5.74, 6) is 0.661. The second kappa shape index (κ2) is 4.33. The zero-order valence-electron chi connectivity index (χ0n) is 8.17. The minimum absolute atomic E-state index is 0.313. The molecule has 1 nitrogen and oxygen atoms in total. The molecule has 2 rings (SSSR count). The summed E-state index contributed by atoms with van der Waals surface area (Å²) < 4.78 is 0. The van der Waals surface area contributed by atoms with E-state index in [1.165, 1.54) is 17.5 Å². The number of halogens is 1. The van der Waals surface area contributed by atoms with E-state index >= 15 is 0 Å². The molecule has 0 aliphatic heterocycles. The predicted molar refractivity (Wildman–Crippen MR) is 58.7 cm³/mol. The van der Waals surface area contributed by atoms with Crippen LogP contribution in [0, 0.1) is 5.92 Å². The van der Waals surface area contributed by atoms with E-state index < -0.39 is 0 Å². The smallest absolute Gasteiger partial charge is 0.0433 e. The Labute approximate surface area is 89.7 Å². The van der Waals surface area contributed by atoms with E-state index in [0.717, 1.165) is 24.3 Å². The Kier molecular flexibility index (Phi) is 3.09. The van der Waals surface area contributed by atoms with Gasteiger partial charge in [0.05, 0.1) is 0 Å². The third-order valence-electron chi connectivity index (χ3n) is 3.04. The van der Waals surface area contributed by atoms with Crippen LogP contribution in [0.15, 0.2) is 18.2 Å². The van der Waals surface area contributed by atoms with Gasteiger partial charge in [0.15, 0.2) is 0 Å². The lowest BCUT2D eigenvalue weighted by atomic mass is 9.82. The number of benzene rings is 1. The van der Waals surface area contributed by atoms with Crippen molar-refractivity contribution in [3.8, 4) is 0 Å². The number of fused-ring (bicyclic) bond motifs is 1. The molecule has 0 saturated heterocycles. The van der Waals surface area contributed by atoms with Gasteiger partial charge in [0, 0.05) is 11.6 Å². The highest BCUT2D eigenvalue weighted by Gasteiger charge is 2.17. The van der Waals surface area contributed by atoms with E-state index in [9.17, 15) is 0 Å². The zero-order valence-corrected chi connectivity index (χ0v) is 8.93. The van der Waals surface area contributed by atoms with Gasteiger partial charge in [0.1, 0.15) is 0 Å². The summed E-state index contributed by atoms with van der Waals surface area (Å²) in [5.41, 5.74) is 2.81. The fourth-order valence-electron chi connectivity index (χ4n) is 2.23. The first-order valence-electron chi connectivity index (χ1n) is 5.18.